The molecule has 0 bridgehead atoms. The van der Waals surface area contributed by atoms with Crippen LogP contribution in [0.15, 0.2) is 47.6 Å². The van der Waals surface area contributed by atoms with E-state index in [2.05, 4.69) is 10.5 Å². The molecule has 27 heavy (non-hydrogen) atoms. The van der Waals surface area contributed by atoms with Crippen LogP contribution in [0.3, 0.4) is 0 Å². The minimum absolute atomic E-state index is 0.0327. The van der Waals surface area contributed by atoms with Gasteiger partial charge in [0, 0.05) is 16.0 Å². The van der Waals surface area contributed by atoms with Gasteiger partial charge in [-0.3, -0.25) is 5.43 Å². The van der Waals surface area contributed by atoms with Crippen LogP contribution in [0.4, 0.5) is 5.69 Å². The number of ether oxygens (including phenoxy) is 1. The Labute approximate surface area is 172 Å². The van der Waals surface area contributed by atoms with Crippen LogP contribution >= 0.6 is 34.8 Å². The zero-order valence-electron chi connectivity index (χ0n) is 14.7. The number of nitrogens with one attached hydrogen (secondary N) is 1. The van der Waals surface area contributed by atoms with Crippen LogP contribution in [0.25, 0.3) is 0 Å². The van der Waals surface area contributed by atoms with Crippen LogP contribution in [0.5, 0.6) is 0 Å². The average molecular weight is 430 g/mol. The topological polar surface area (TPSA) is 70.9 Å². The monoisotopic (exact) mass is 428 g/mol. The van der Waals surface area contributed by atoms with Gasteiger partial charge in [0.15, 0.2) is 5.71 Å². The maximum absolute atomic E-state index is 12.4. The van der Waals surface area contributed by atoms with Crippen LogP contribution in [-0.2, 0) is 9.53 Å². The van der Waals surface area contributed by atoms with Crippen molar-refractivity contribution in [2.75, 3.05) is 12.0 Å². The van der Waals surface area contributed by atoms with Crippen LogP contribution in [0, 0.1) is 5.92 Å². The number of hydrogen-bond acceptors (Lipinski definition) is 5. The number of aliphatic hydroxyl groups is 1. The number of hydrogen-bond donors (Lipinski definition) is 2. The molecule has 0 heterocycles. The van der Waals surface area contributed by atoms with Gasteiger partial charge in [0.2, 0.25) is 0 Å². The van der Waals surface area contributed by atoms with Crippen molar-refractivity contribution >= 4 is 52.2 Å². The first kappa shape index (κ1) is 21.5. The van der Waals surface area contributed by atoms with Gasteiger partial charge < -0.3 is 9.84 Å². The second-order valence-corrected chi connectivity index (χ2v) is 7.02. The fourth-order valence-electron chi connectivity index (χ4n) is 2.34. The third kappa shape index (κ3) is 5.84. The molecule has 2 unspecified atom stereocenters. The molecule has 2 atom stereocenters. The van der Waals surface area contributed by atoms with Crippen molar-refractivity contribution < 1.29 is 14.6 Å². The van der Waals surface area contributed by atoms with Crippen LogP contribution in [0.2, 0.25) is 15.1 Å². The number of anilines is 1. The number of nitrogens with zero attached hydrogens (tertiary/aromatic N) is 1. The molecule has 0 saturated heterocycles. The Morgan fingerprint density at radius 1 is 1.15 bits per heavy atom. The Kier molecular flexibility index (Phi) is 7.92. The number of carbonyl (C=O) groups excluding carboxylic acids is 1. The predicted octanol–water partition coefficient (Wildman–Crippen LogP) is 5.35. The zero-order chi connectivity index (χ0) is 20.0. The molecule has 0 spiro atoms. The summed E-state index contributed by atoms with van der Waals surface area (Å²) in [6, 6.07) is 11.5. The van der Waals surface area contributed by atoms with Gasteiger partial charge in [0.1, 0.15) is 0 Å². The van der Waals surface area contributed by atoms with Gasteiger partial charge in [-0.15, -0.1) is 0 Å². The fraction of sp³-hybridized carbons (Fsp3) is 0.263. The highest BCUT2D eigenvalue weighted by molar-refractivity contribution is 6.38. The molecule has 2 rings (SSSR count). The SMILES string of the molecule is CCOC(=O)/C(=N/Nc1ccc(Cl)cc1Cl)C(C)C(O)c1ccc(Cl)cc1. The number of hydrazone groups is 1. The summed E-state index contributed by atoms with van der Waals surface area (Å²) in [5, 5.41) is 16.2. The van der Waals surface area contributed by atoms with E-state index in [9.17, 15) is 9.90 Å². The summed E-state index contributed by atoms with van der Waals surface area (Å²) in [4.78, 5) is 12.4. The largest absolute Gasteiger partial charge is 0.461 e. The lowest BCUT2D eigenvalue weighted by Gasteiger charge is -2.20. The smallest absolute Gasteiger partial charge is 0.354 e. The van der Waals surface area contributed by atoms with Gasteiger partial charge in [0.25, 0.3) is 0 Å². The normalized spacial score (nSPS) is 13.8. The van der Waals surface area contributed by atoms with Gasteiger partial charge in [-0.05, 0) is 42.8 Å². The summed E-state index contributed by atoms with van der Waals surface area (Å²) in [6.07, 6.45) is -0.979. The van der Waals surface area contributed by atoms with Crippen molar-refractivity contribution in [1.29, 1.82) is 0 Å². The summed E-state index contributed by atoms with van der Waals surface area (Å²) in [5.41, 5.74) is 3.85. The molecular formula is C19H19Cl3N2O3. The third-order valence-corrected chi connectivity index (χ3v) is 4.63. The Morgan fingerprint density at radius 3 is 2.37 bits per heavy atom. The molecule has 0 saturated carbocycles. The fourth-order valence-corrected chi connectivity index (χ4v) is 2.91. The Balaban J connectivity index is 2.29. The van der Waals surface area contributed by atoms with Crippen molar-refractivity contribution in [3.63, 3.8) is 0 Å². The Morgan fingerprint density at radius 2 is 1.78 bits per heavy atom. The second-order valence-electron chi connectivity index (χ2n) is 5.74. The van der Waals surface area contributed by atoms with Crippen LogP contribution in [-0.4, -0.2) is 23.4 Å². The maximum Gasteiger partial charge on any atom is 0.354 e. The van der Waals surface area contributed by atoms with Crippen molar-refractivity contribution in [2.24, 2.45) is 11.0 Å². The molecule has 0 aromatic heterocycles. The van der Waals surface area contributed by atoms with Gasteiger partial charge >= 0.3 is 5.97 Å². The van der Waals surface area contributed by atoms with Crippen molar-refractivity contribution in [1.82, 2.24) is 0 Å². The summed E-state index contributed by atoms with van der Waals surface area (Å²) >= 11 is 17.9. The van der Waals surface area contributed by atoms with Crippen LogP contribution < -0.4 is 5.43 Å². The van der Waals surface area contributed by atoms with Gasteiger partial charge in [-0.1, -0.05) is 53.9 Å². The molecule has 144 valence electrons. The Bertz CT molecular complexity index is 825. The molecule has 2 N–H and O–H groups in total. The predicted molar refractivity (Wildman–Crippen MR) is 110 cm³/mol. The van der Waals surface area contributed by atoms with Crippen molar-refractivity contribution in [3.8, 4) is 0 Å². The minimum Gasteiger partial charge on any atom is -0.461 e. The van der Waals surface area contributed by atoms with E-state index in [1.807, 2.05) is 0 Å². The van der Waals surface area contributed by atoms with E-state index >= 15 is 0 Å². The highest BCUT2D eigenvalue weighted by atomic mass is 35.5. The quantitative estimate of drug-likeness (QED) is 0.354. The summed E-state index contributed by atoms with van der Waals surface area (Å²) in [7, 11) is 0. The van der Waals surface area contributed by atoms with Gasteiger partial charge in [-0.25, -0.2) is 4.79 Å². The molecule has 0 radical (unpaired) electrons. The van der Waals surface area contributed by atoms with Gasteiger partial charge in [0.05, 0.1) is 23.4 Å². The van der Waals surface area contributed by atoms with Crippen molar-refractivity contribution in [2.45, 2.75) is 20.0 Å². The first-order valence-corrected chi connectivity index (χ1v) is 9.36. The number of halogens is 3. The summed E-state index contributed by atoms with van der Waals surface area (Å²) in [5.74, 6) is -1.28. The summed E-state index contributed by atoms with van der Waals surface area (Å²) in [6.45, 7) is 3.56. The molecule has 0 amide bonds. The maximum atomic E-state index is 12.4. The lowest BCUT2D eigenvalue weighted by Crippen LogP contribution is -2.29. The van der Waals surface area contributed by atoms with E-state index in [4.69, 9.17) is 39.5 Å². The number of carbonyl (C=O) groups is 1. The van der Waals surface area contributed by atoms with E-state index in [1.165, 1.54) is 0 Å². The molecule has 8 heteroatoms. The number of aliphatic hydroxyl groups excluding tert-OH is 1. The van der Waals surface area contributed by atoms with E-state index in [-0.39, 0.29) is 12.3 Å². The lowest BCUT2D eigenvalue weighted by atomic mass is 9.93. The lowest BCUT2D eigenvalue weighted by molar-refractivity contribution is -0.135. The van der Waals surface area contributed by atoms with Gasteiger partial charge in [-0.2, -0.15) is 5.10 Å². The van der Waals surface area contributed by atoms with E-state index < -0.39 is 18.0 Å². The second kappa shape index (κ2) is 9.95. The zero-order valence-corrected chi connectivity index (χ0v) is 17.0. The van der Waals surface area contributed by atoms with Crippen LogP contribution in [0.1, 0.15) is 25.5 Å². The number of esters is 1. The highest BCUT2D eigenvalue weighted by Crippen LogP contribution is 2.27. The molecule has 0 aliphatic carbocycles. The number of benzene rings is 2. The molecule has 2 aromatic rings. The molecule has 0 aliphatic heterocycles. The third-order valence-electron chi connectivity index (χ3n) is 3.83. The summed E-state index contributed by atoms with van der Waals surface area (Å²) < 4.78 is 5.07. The molecule has 0 aliphatic rings. The Hall–Kier alpha value is -1.79. The van der Waals surface area contributed by atoms with Crippen molar-refractivity contribution in [3.05, 3.63) is 63.1 Å². The first-order valence-electron chi connectivity index (χ1n) is 8.22. The molecule has 5 nitrogen and oxygen atoms in total. The van der Waals surface area contributed by atoms with E-state index in [0.717, 1.165) is 0 Å². The average Bonchev–Trinajstić information content (AvgIpc) is 2.63. The van der Waals surface area contributed by atoms with E-state index in [1.54, 1.807) is 56.3 Å². The van der Waals surface area contributed by atoms with E-state index in [0.29, 0.717) is 26.3 Å². The molecular weight excluding hydrogens is 411 g/mol. The molecule has 0 fully saturated rings. The molecule has 2 aromatic carbocycles. The standard InChI is InChI=1S/C19H19Cl3N2O3/c1-3-27-19(26)17(24-23-16-9-8-14(21)10-15(16)22)11(2)18(25)12-4-6-13(20)7-5-12/h4-11,18,23,25H,3H2,1-2H3/b24-17+. The number of rotatable bonds is 7. The minimum atomic E-state index is -0.979. The first-order chi connectivity index (χ1) is 12.8. The highest BCUT2D eigenvalue weighted by Gasteiger charge is 2.28.